The van der Waals surface area contributed by atoms with Crippen LogP contribution in [0.5, 0.6) is 0 Å². The number of carbonyl (C=O) groups is 2. The summed E-state index contributed by atoms with van der Waals surface area (Å²) < 4.78 is 0. The third-order valence-electron chi connectivity index (χ3n) is 6.07. The maximum absolute atomic E-state index is 13.2. The average molecular weight is 354 g/mol. The van der Waals surface area contributed by atoms with Crippen molar-refractivity contribution in [2.24, 2.45) is 11.8 Å². The fourth-order valence-electron chi connectivity index (χ4n) is 4.67. The molecular formula is C21H26N2O3. The van der Waals surface area contributed by atoms with Gasteiger partial charge in [-0.05, 0) is 56.0 Å². The molecule has 3 unspecified atom stereocenters. The van der Waals surface area contributed by atoms with Crippen LogP contribution < -0.4 is 0 Å². The van der Waals surface area contributed by atoms with E-state index in [0.717, 1.165) is 49.9 Å². The van der Waals surface area contributed by atoms with Gasteiger partial charge in [-0.15, -0.1) is 0 Å². The van der Waals surface area contributed by atoms with Crippen molar-refractivity contribution in [3.8, 4) is 0 Å². The second kappa shape index (κ2) is 7.14. The van der Waals surface area contributed by atoms with E-state index in [9.17, 15) is 14.7 Å². The minimum absolute atomic E-state index is 0.0776. The van der Waals surface area contributed by atoms with Gasteiger partial charge in [-0.1, -0.05) is 24.6 Å². The number of fused-ring (bicyclic) bond motifs is 1. The predicted octanol–water partition coefficient (Wildman–Crippen LogP) is 4.11. The molecule has 2 aromatic rings. The number of H-pyrrole nitrogens is 1. The van der Waals surface area contributed by atoms with Gasteiger partial charge in [-0.2, -0.15) is 0 Å². The van der Waals surface area contributed by atoms with E-state index >= 15 is 0 Å². The molecule has 1 saturated heterocycles. The number of rotatable bonds is 3. The highest BCUT2D eigenvalue weighted by atomic mass is 16.4. The van der Waals surface area contributed by atoms with Crippen molar-refractivity contribution in [1.29, 1.82) is 0 Å². The molecule has 0 radical (unpaired) electrons. The molecule has 1 aromatic heterocycles. The van der Waals surface area contributed by atoms with Gasteiger partial charge in [0.15, 0.2) is 0 Å². The highest BCUT2D eigenvalue weighted by Gasteiger charge is 2.37. The van der Waals surface area contributed by atoms with Gasteiger partial charge < -0.3 is 15.0 Å². The molecule has 5 heteroatoms. The van der Waals surface area contributed by atoms with E-state index in [2.05, 4.69) is 23.2 Å². The van der Waals surface area contributed by atoms with E-state index in [1.54, 1.807) is 0 Å². The quantitative estimate of drug-likeness (QED) is 0.871. The van der Waals surface area contributed by atoms with Gasteiger partial charge in [-0.25, -0.2) is 0 Å². The topological polar surface area (TPSA) is 73.4 Å². The zero-order valence-electron chi connectivity index (χ0n) is 15.0. The average Bonchev–Trinajstić information content (AvgIpc) is 3.11. The van der Waals surface area contributed by atoms with Crippen LogP contribution in [0.15, 0.2) is 30.3 Å². The number of likely N-dealkylation sites (tertiary alicyclic amines) is 1. The van der Waals surface area contributed by atoms with E-state index < -0.39 is 5.97 Å². The Bertz CT molecular complexity index is 779. The molecule has 3 atom stereocenters. The molecule has 0 spiro atoms. The van der Waals surface area contributed by atoms with Crippen LogP contribution >= 0.6 is 0 Å². The van der Waals surface area contributed by atoms with E-state index in [1.807, 2.05) is 17.0 Å². The van der Waals surface area contributed by atoms with Gasteiger partial charge >= 0.3 is 5.97 Å². The third-order valence-corrected chi connectivity index (χ3v) is 6.07. The van der Waals surface area contributed by atoms with Crippen LogP contribution in [0.3, 0.4) is 0 Å². The molecule has 5 nitrogen and oxygen atoms in total. The lowest BCUT2D eigenvalue weighted by atomic mass is 9.80. The Morgan fingerprint density at radius 3 is 2.65 bits per heavy atom. The minimum atomic E-state index is -0.756. The number of hydrogen-bond acceptors (Lipinski definition) is 2. The fourth-order valence-corrected chi connectivity index (χ4v) is 4.67. The SMILES string of the molecule is O=C(O)C1CCCC(C(=O)N2CCCCC2c2cc3ccccc3[nH]2)C1. The van der Waals surface area contributed by atoms with Crippen LogP contribution in [0, 0.1) is 11.8 Å². The number of amides is 1. The molecule has 1 aliphatic heterocycles. The largest absolute Gasteiger partial charge is 0.481 e. The van der Waals surface area contributed by atoms with Crippen molar-refractivity contribution in [3.63, 3.8) is 0 Å². The summed E-state index contributed by atoms with van der Waals surface area (Å²) >= 11 is 0. The number of aliphatic carboxylic acids is 1. The first kappa shape index (κ1) is 17.1. The van der Waals surface area contributed by atoms with E-state index in [0.29, 0.717) is 12.8 Å². The number of aromatic nitrogens is 1. The minimum Gasteiger partial charge on any atom is -0.481 e. The van der Waals surface area contributed by atoms with Crippen LogP contribution in [0.25, 0.3) is 10.9 Å². The monoisotopic (exact) mass is 354 g/mol. The van der Waals surface area contributed by atoms with Crippen LogP contribution in [-0.4, -0.2) is 33.4 Å². The third kappa shape index (κ3) is 3.22. The Morgan fingerprint density at radius 2 is 1.85 bits per heavy atom. The number of aromatic amines is 1. The molecule has 2 heterocycles. The van der Waals surface area contributed by atoms with Crippen LogP contribution in [0.1, 0.15) is 56.7 Å². The number of carboxylic acids is 1. The second-order valence-electron chi connectivity index (χ2n) is 7.75. The fraction of sp³-hybridized carbons (Fsp3) is 0.524. The number of carboxylic acid groups (broad SMARTS) is 1. The van der Waals surface area contributed by atoms with Crippen molar-refractivity contribution in [2.45, 2.75) is 51.0 Å². The lowest BCUT2D eigenvalue weighted by Crippen LogP contribution is -2.43. The maximum Gasteiger partial charge on any atom is 0.306 e. The maximum atomic E-state index is 13.2. The van der Waals surface area contributed by atoms with Crippen molar-refractivity contribution >= 4 is 22.8 Å². The number of hydrogen-bond donors (Lipinski definition) is 2. The number of para-hydroxylation sites is 1. The Labute approximate surface area is 153 Å². The summed E-state index contributed by atoms with van der Waals surface area (Å²) in [5, 5.41) is 10.5. The smallest absolute Gasteiger partial charge is 0.306 e. The van der Waals surface area contributed by atoms with Gasteiger partial charge in [0.2, 0.25) is 5.91 Å². The van der Waals surface area contributed by atoms with Crippen LogP contribution in [-0.2, 0) is 9.59 Å². The van der Waals surface area contributed by atoms with Crippen molar-refractivity contribution < 1.29 is 14.7 Å². The molecule has 2 aliphatic rings. The number of carbonyl (C=O) groups excluding carboxylic acids is 1. The molecule has 4 rings (SSSR count). The molecule has 26 heavy (non-hydrogen) atoms. The van der Waals surface area contributed by atoms with Gasteiger partial charge in [0.1, 0.15) is 0 Å². The molecule has 2 fully saturated rings. The second-order valence-corrected chi connectivity index (χ2v) is 7.75. The summed E-state index contributed by atoms with van der Waals surface area (Å²) in [5.74, 6) is -1.11. The summed E-state index contributed by atoms with van der Waals surface area (Å²) in [6.45, 7) is 0.771. The zero-order chi connectivity index (χ0) is 18.1. The first-order valence-corrected chi connectivity index (χ1v) is 9.74. The van der Waals surface area contributed by atoms with Gasteiger partial charge in [0.25, 0.3) is 0 Å². The van der Waals surface area contributed by atoms with E-state index in [-0.39, 0.29) is 23.8 Å². The Morgan fingerprint density at radius 1 is 1.04 bits per heavy atom. The molecular weight excluding hydrogens is 328 g/mol. The highest BCUT2D eigenvalue weighted by Crippen LogP contribution is 2.37. The van der Waals surface area contributed by atoms with Gasteiger partial charge in [0.05, 0.1) is 12.0 Å². The summed E-state index contributed by atoms with van der Waals surface area (Å²) in [7, 11) is 0. The summed E-state index contributed by atoms with van der Waals surface area (Å²) in [4.78, 5) is 30.1. The van der Waals surface area contributed by atoms with Crippen LogP contribution in [0.4, 0.5) is 0 Å². The van der Waals surface area contributed by atoms with Crippen molar-refractivity contribution in [3.05, 3.63) is 36.0 Å². The summed E-state index contributed by atoms with van der Waals surface area (Å²) in [6, 6.07) is 10.4. The Kier molecular flexibility index (Phi) is 4.70. The lowest BCUT2D eigenvalue weighted by molar-refractivity contribution is -0.146. The number of piperidine rings is 1. The van der Waals surface area contributed by atoms with Gasteiger partial charge in [-0.3, -0.25) is 9.59 Å². The normalized spacial score (nSPS) is 26.8. The predicted molar refractivity (Wildman–Crippen MR) is 99.7 cm³/mol. The zero-order valence-corrected chi connectivity index (χ0v) is 15.0. The lowest BCUT2D eigenvalue weighted by Gasteiger charge is -2.39. The van der Waals surface area contributed by atoms with E-state index in [1.165, 1.54) is 5.39 Å². The summed E-state index contributed by atoms with van der Waals surface area (Å²) in [6.07, 6.45) is 5.95. The number of nitrogens with zero attached hydrogens (tertiary/aromatic N) is 1. The Balaban J connectivity index is 1.56. The number of benzene rings is 1. The first-order valence-electron chi connectivity index (χ1n) is 9.74. The standard InChI is InChI=1S/C21H26N2O3/c24-20(15-7-5-8-16(12-15)21(25)26)23-11-4-3-10-19(23)18-13-14-6-1-2-9-17(14)22-18/h1-2,6,9,13,15-16,19,22H,3-5,7-8,10-12H2,(H,25,26). The molecule has 1 amide bonds. The molecule has 2 N–H and O–H groups in total. The molecule has 1 aliphatic carbocycles. The van der Waals surface area contributed by atoms with E-state index in [4.69, 9.17) is 0 Å². The molecule has 1 aromatic carbocycles. The first-order chi connectivity index (χ1) is 12.6. The van der Waals surface area contributed by atoms with Crippen molar-refractivity contribution in [2.75, 3.05) is 6.54 Å². The van der Waals surface area contributed by atoms with Crippen molar-refractivity contribution in [1.82, 2.24) is 9.88 Å². The van der Waals surface area contributed by atoms with Crippen LogP contribution in [0.2, 0.25) is 0 Å². The summed E-state index contributed by atoms with van der Waals surface area (Å²) in [5.41, 5.74) is 2.20. The molecule has 138 valence electrons. The highest BCUT2D eigenvalue weighted by molar-refractivity contribution is 5.82. The molecule has 1 saturated carbocycles. The van der Waals surface area contributed by atoms with Gasteiger partial charge in [0, 0.05) is 23.7 Å². The number of nitrogens with one attached hydrogen (secondary N) is 1. The Hall–Kier alpha value is -2.30. The molecule has 0 bridgehead atoms.